The van der Waals surface area contributed by atoms with Crippen molar-refractivity contribution in [3.05, 3.63) is 24.3 Å². The molecule has 0 spiro atoms. The van der Waals surface area contributed by atoms with Crippen LogP contribution in [0.1, 0.15) is 38.5 Å². The van der Waals surface area contributed by atoms with Gasteiger partial charge in [-0.3, -0.25) is 4.79 Å². The summed E-state index contributed by atoms with van der Waals surface area (Å²) in [5.41, 5.74) is 0.676. The predicted octanol–water partition coefficient (Wildman–Crippen LogP) is 3.11. The highest BCUT2D eigenvalue weighted by atomic mass is 16.5. The zero-order valence-electron chi connectivity index (χ0n) is 17.1. The van der Waals surface area contributed by atoms with E-state index in [2.05, 4.69) is 10.2 Å². The van der Waals surface area contributed by atoms with Crippen LogP contribution in [0.5, 0.6) is 5.75 Å². The zero-order valence-corrected chi connectivity index (χ0v) is 17.1. The third kappa shape index (κ3) is 4.66. The molecule has 1 saturated carbocycles. The van der Waals surface area contributed by atoms with Crippen LogP contribution in [-0.4, -0.2) is 67.2 Å². The molecule has 1 N–H and O–H groups in total. The molecule has 1 aliphatic carbocycles. The Labute approximate surface area is 172 Å². The van der Waals surface area contributed by atoms with Crippen molar-refractivity contribution in [3.8, 4) is 5.75 Å². The van der Waals surface area contributed by atoms with Crippen LogP contribution in [0, 0.1) is 5.92 Å². The molecule has 2 saturated heterocycles. The van der Waals surface area contributed by atoms with Gasteiger partial charge in [0.15, 0.2) is 0 Å². The van der Waals surface area contributed by atoms with Crippen molar-refractivity contribution in [3.63, 3.8) is 0 Å². The van der Waals surface area contributed by atoms with Crippen LogP contribution in [0.3, 0.4) is 0 Å². The lowest BCUT2D eigenvalue weighted by Crippen LogP contribution is -2.54. The molecule has 1 aromatic rings. The van der Waals surface area contributed by atoms with Gasteiger partial charge < -0.3 is 24.6 Å². The summed E-state index contributed by atoms with van der Waals surface area (Å²) in [5, 5.41) is 2.95. The molecule has 4 rings (SSSR count). The van der Waals surface area contributed by atoms with E-state index in [9.17, 15) is 9.59 Å². The number of piperidine rings is 1. The van der Waals surface area contributed by atoms with E-state index in [1.54, 1.807) is 7.11 Å². The van der Waals surface area contributed by atoms with E-state index in [1.165, 1.54) is 0 Å². The van der Waals surface area contributed by atoms with Crippen molar-refractivity contribution in [2.75, 3.05) is 38.7 Å². The minimum atomic E-state index is -0.112. The molecule has 7 nitrogen and oxygen atoms in total. The molecule has 3 fully saturated rings. The molecule has 0 atom stereocenters. The van der Waals surface area contributed by atoms with Gasteiger partial charge in [0.05, 0.1) is 12.8 Å². The predicted molar refractivity (Wildman–Crippen MR) is 110 cm³/mol. The summed E-state index contributed by atoms with van der Waals surface area (Å²) in [4.78, 5) is 29.8. The van der Waals surface area contributed by atoms with Crippen molar-refractivity contribution in [1.82, 2.24) is 9.80 Å². The van der Waals surface area contributed by atoms with E-state index in [4.69, 9.17) is 9.47 Å². The van der Waals surface area contributed by atoms with Crippen molar-refractivity contribution < 1.29 is 19.1 Å². The highest BCUT2D eigenvalue weighted by molar-refractivity contribution is 5.91. The second-order valence-electron chi connectivity index (χ2n) is 8.21. The standard InChI is InChI=1S/C22H31N3O4/c1-28-20-5-3-2-4-19(20)23-22(27)24-12-8-17(9-13-24)25(21(26)16-6-7-16)18-10-14-29-15-11-18/h2-5,16-18H,6-15H2,1H3,(H,23,27). The number of rotatable bonds is 5. The molecular weight excluding hydrogens is 370 g/mol. The number of benzene rings is 1. The summed E-state index contributed by atoms with van der Waals surface area (Å²) < 4.78 is 10.8. The molecule has 2 aliphatic heterocycles. The van der Waals surface area contributed by atoms with Crippen molar-refractivity contribution in [2.24, 2.45) is 5.92 Å². The van der Waals surface area contributed by atoms with Crippen molar-refractivity contribution in [1.29, 1.82) is 0 Å². The summed E-state index contributed by atoms with van der Waals surface area (Å²) in [6, 6.07) is 7.82. The Balaban J connectivity index is 1.36. The van der Waals surface area contributed by atoms with Gasteiger partial charge in [0, 0.05) is 44.3 Å². The molecule has 7 heteroatoms. The average Bonchev–Trinajstić information content (AvgIpc) is 3.61. The Hall–Kier alpha value is -2.28. The highest BCUT2D eigenvalue weighted by Gasteiger charge is 2.41. The van der Waals surface area contributed by atoms with Gasteiger partial charge in [-0.15, -0.1) is 0 Å². The normalized spacial score (nSPS) is 20.9. The largest absolute Gasteiger partial charge is 0.495 e. The van der Waals surface area contributed by atoms with E-state index < -0.39 is 0 Å². The van der Waals surface area contributed by atoms with Gasteiger partial charge in [-0.2, -0.15) is 0 Å². The monoisotopic (exact) mass is 401 g/mol. The van der Waals surface area contributed by atoms with Gasteiger partial charge in [0.25, 0.3) is 0 Å². The number of anilines is 1. The number of nitrogens with one attached hydrogen (secondary N) is 1. The number of hydrogen-bond donors (Lipinski definition) is 1. The minimum Gasteiger partial charge on any atom is -0.495 e. The quantitative estimate of drug-likeness (QED) is 0.823. The zero-order chi connectivity index (χ0) is 20.2. The van der Waals surface area contributed by atoms with Crippen LogP contribution in [0.4, 0.5) is 10.5 Å². The molecule has 29 heavy (non-hydrogen) atoms. The smallest absolute Gasteiger partial charge is 0.321 e. The lowest BCUT2D eigenvalue weighted by atomic mass is 9.97. The van der Waals surface area contributed by atoms with Crippen LogP contribution in [-0.2, 0) is 9.53 Å². The highest BCUT2D eigenvalue weighted by Crippen LogP contribution is 2.35. The second kappa shape index (κ2) is 9.03. The first-order valence-corrected chi connectivity index (χ1v) is 10.8. The number of ether oxygens (including phenoxy) is 2. The summed E-state index contributed by atoms with van der Waals surface area (Å²) in [5.74, 6) is 1.20. The lowest BCUT2D eigenvalue weighted by molar-refractivity contribution is -0.141. The summed E-state index contributed by atoms with van der Waals surface area (Å²) in [7, 11) is 1.60. The third-order valence-corrected chi connectivity index (χ3v) is 6.26. The maximum Gasteiger partial charge on any atom is 0.321 e. The molecule has 0 unspecified atom stereocenters. The minimum absolute atomic E-state index is 0.112. The Morgan fingerprint density at radius 3 is 2.34 bits per heavy atom. The van der Waals surface area contributed by atoms with Crippen molar-refractivity contribution >= 4 is 17.6 Å². The van der Waals surface area contributed by atoms with Gasteiger partial charge in [0.2, 0.25) is 5.91 Å². The van der Waals surface area contributed by atoms with Crippen LogP contribution in [0.15, 0.2) is 24.3 Å². The van der Waals surface area contributed by atoms with Crippen LogP contribution >= 0.6 is 0 Å². The molecule has 0 radical (unpaired) electrons. The molecule has 0 aromatic heterocycles. The van der Waals surface area contributed by atoms with E-state index in [0.717, 1.165) is 51.7 Å². The number of amides is 3. The molecule has 1 aromatic carbocycles. The molecule has 3 aliphatic rings. The number of likely N-dealkylation sites (tertiary alicyclic amines) is 1. The Bertz CT molecular complexity index is 723. The Morgan fingerprint density at radius 1 is 1.03 bits per heavy atom. The first-order valence-electron chi connectivity index (χ1n) is 10.8. The number of methoxy groups -OCH3 is 1. The number of hydrogen-bond acceptors (Lipinski definition) is 4. The fraction of sp³-hybridized carbons (Fsp3) is 0.636. The average molecular weight is 402 g/mol. The third-order valence-electron chi connectivity index (χ3n) is 6.26. The van der Waals surface area contributed by atoms with Gasteiger partial charge >= 0.3 is 6.03 Å². The van der Waals surface area contributed by atoms with E-state index in [-0.39, 0.29) is 24.0 Å². The number of nitrogens with zero attached hydrogens (tertiary/aromatic N) is 2. The van der Waals surface area contributed by atoms with Crippen LogP contribution < -0.4 is 10.1 Å². The topological polar surface area (TPSA) is 71.1 Å². The van der Waals surface area contributed by atoms with Crippen molar-refractivity contribution in [2.45, 2.75) is 50.6 Å². The summed E-state index contributed by atoms with van der Waals surface area (Å²) >= 11 is 0. The number of carbonyl (C=O) groups excluding carboxylic acids is 2. The first kappa shape index (κ1) is 20.0. The molecule has 3 amide bonds. The first-order chi connectivity index (χ1) is 14.2. The molecule has 0 bridgehead atoms. The Kier molecular flexibility index (Phi) is 6.23. The second-order valence-corrected chi connectivity index (χ2v) is 8.21. The molecular formula is C22H31N3O4. The number of carbonyl (C=O) groups is 2. The SMILES string of the molecule is COc1ccccc1NC(=O)N1CCC(N(C(=O)C2CC2)C2CCOCC2)CC1. The number of para-hydroxylation sites is 2. The van der Waals surface area contributed by atoms with E-state index in [0.29, 0.717) is 30.4 Å². The maximum atomic E-state index is 13.0. The van der Waals surface area contributed by atoms with Gasteiger partial charge in [-0.05, 0) is 50.7 Å². The lowest BCUT2D eigenvalue weighted by Gasteiger charge is -2.43. The van der Waals surface area contributed by atoms with E-state index >= 15 is 0 Å². The molecule has 158 valence electrons. The number of urea groups is 1. The van der Waals surface area contributed by atoms with Crippen LogP contribution in [0.25, 0.3) is 0 Å². The van der Waals surface area contributed by atoms with Crippen LogP contribution in [0.2, 0.25) is 0 Å². The van der Waals surface area contributed by atoms with E-state index in [1.807, 2.05) is 29.2 Å². The fourth-order valence-corrected chi connectivity index (χ4v) is 4.45. The van der Waals surface area contributed by atoms with Gasteiger partial charge in [-0.1, -0.05) is 12.1 Å². The Morgan fingerprint density at radius 2 is 1.69 bits per heavy atom. The molecule has 2 heterocycles. The summed E-state index contributed by atoms with van der Waals surface area (Å²) in [6.07, 6.45) is 5.56. The maximum absolute atomic E-state index is 13.0. The van der Waals surface area contributed by atoms with Gasteiger partial charge in [-0.25, -0.2) is 4.79 Å². The fourth-order valence-electron chi connectivity index (χ4n) is 4.45. The van der Waals surface area contributed by atoms with Gasteiger partial charge in [0.1, 0.15) is 5.75 Å². The summed E-state index contributed by atoms with van der Waals surface area (Å²) in [6.45, 7) is 2.78.